The van der Waals surface area contributed by atoms with Gasteiger partial charge in [-0.3, -0.25) is 4.90 Å². The SMILES string of the molecule is CCOC(C(=O)O)N1CCCCC1.c1cc[nH]c1. The number of likely N-dealkylation sites (tertiary alicyclic amines) is 1. The largest absolute Gasteiger partial charge is 0.478 e. The van der Waals surface area contributed by atoms with Gasteiger partial charge in [0.2, 0.25) is 6.23 Å². The monoisotopic (exact) mass is 254 g/mol. The first-order chi connectivity index (χ1) is 8.75. The van der Waals surface area contributed by atoms with E-state index in [1.807, 2.05) is 36.4 Å². The molecule has 1 saturated heterocycles. The zero-order valence-electron chi connectivity index (χ0n) is 10.8. The van der Waals surface area contributed by atoms with Gasteiger partial charge >= 0.3 is 5.97 Å². The molecule has 1 fully saturated rings. The summed E-state index contributed by atoms with van der Waals surface area (Å²) in [6.45, 7) is 3.96. The van der Waals surface area contributed by atoms with E-state index in [1.165, 1.54) is 6.42 Å². The summed E-state index contributed by atoms with van der Waals surface area (Å²) in [5.74, 6) is -0.872. The molecule has 2 heterocycles. The summed E-state index contributed by atoms with van der Waals surface area (Å²) in [5.41, 5.74) is 0. The number of H-pyrrole nitrogens is 1. The number of piperidine rings is 1. The molecule has 5 nitrogen and oxygen atoms in total. The summed E-state index contributed by atoms with van der Waals surface area (Å²) in [6.07, 6.45) is 6.38. The molecule has 2 N–H and O–H groups in total. The fourth-order valence-electron chi connectivity index (χ4n) is 1.92. The molecule has 1 atom stereocenters. The predicted octanol–water partition coefficient (Wildman–Crippen LogP) is 1.93. The van der Waals surface area contributed by atoms with Crippen molar-refractivity contribution in [3.63, 3.8) is 0 Å². The standard InChI is InChI=1S/C9H17NO3.C4H5N/c1-2-13-8(9(11)12)10-6-4-3-5-7-10;1-2-4-5-3-1/h8H,2-7H2,1H3,(H,11,12);1-5H. The van der Waals surface area contributed by atoms with Crippen molar-refractivity contribution in [3.8, 4) is 0 Å². The number of aromatic nitrogens is 1. The third kappa shape index (κ3) is 5.33. The van der Waals surface area contributed by atoms with Gasteiger partial charge in [-0.2, -0.15) is 0 Å². The molecule has 5 heteroatoms. The minimum atomic E-state index is -0.872. The van der Waals surface area contributed by atoms with Gasteiger partial charge in [0.05, 0.1) is 0 Å². The van der Waals surface area contributed by atoms with Gasteiger partial charge in [0.15, 0.2) is 0 Å². The first-order valence-corrected chi connectivity index (χ1v) is 6.42. The number of aromatic amines is 1. The third-order valence-electron chi connectivity index (χ3n) is 2.75. The molecule has 18 heavy (non-hydrogen) atoms. The Labute approximate surface area is 108 Å². The fraction of sp³-hybridized carbons (Fsp3) is 0.615. The summed E-state index contributed by atoms with van der Waals surface area (Å²) in [4.78, 5) is 15.6. The van der Waals surface area contributed by atoms with Gasteiger partial charge < -0.3 is 14.8 Å². The summed E-state index contributed by atoms with van der Waals surface area (Å²) in [5, 5.41) is 8.89. The van der Waals surface area contributed by atoms with Crippen molar-refractivity contribution in [2.75, 3.05) is 19.7 Å². The molecule has 0 aromatic carbocycles. The lowest BCUT2D eigenvalue weighted by Gasteiger charge is -2.31. The first-order valence-electron chi connectivity index (χ1n) is 6.42. The molecule has 2 rings (SSSR count). The van der Waals surface area contributed by atoms with Crippen LogP contribution in [0, 0.1) is 0 Å². The molecule has 0 bridgehead atoms. The number of nitrogens with one attached hydrogen (secondary N) is 1. The maximum atomic E-state index is 10.8. The lowest BCUT2D eigenvalue weighted by Crippen LogP contribution is -2.45. The maximum absolute atomic E-state index is 10.8. The van der Waals surface area contributed by atoms with Crippen LogP contribution in [0.3, 0.4) is 0 Å². The van der Waals surface area contributed by atoms with Crippen molar-refractivity contribution in [1.82, 2.24) is 9.88 Å². The molecule has 0 amide bonds. The van der Waals surface area contributed by atoms with E-state index in [2.05, 4.69) is 4.98 Å². The van der Waals surface area contributed by atoms with E-state index in [4.69, 9.17) is 9.84 Å². The number of hydrogen-bond acceptors (Lipinski definition) is 3. The Morgan fingerprint density at radius 2 is 1.94 bits per heavy atom. The number of rotatable bonds is 4. The number of nitrogens with zero attached hydrogens (tertiary/aromatic N) is 1. The predicted molar refractivity (Wildman–Crippen MR) is 69.3 cm³/mol. The minimum Gasteiger partial charge on any atom is -0.478 e. The maximum Gasteiger partial charge on any atom is 0.348 e. The minimum absolute atomic E-state index is 0.452. The van der Waals surface area contributed by atoms with E-state index in [1.54, 1.807) is 0 Å². The Morgan fingerprint density at radius 1 is 1.33 bits per heavy atom. The zero-order valence-corrected chi connectivity index (χ0v) is 10.8. The highest BCUT2D eigenvalue weighted by molar-refractivity contribution is 5.71. The average molecular weight is 254 g/mol. The van der Waals surface area contributed by atoms with E-state index in [0.29, 0.717) is 6.61 Å². The van der Waals surface area contributed by atoms with Gasteiger partial charge in [0.25, 0.3) is 0 Å². The highest BCUT2D eigenvalue weighted by Crippen LogP contribution is 2.13. The quantitative estimate of drug-likeness (QED) is 0.861. The number of carbonyl (C=O) groups is 1. The highest BCUT2D eigenvalue weighted by atomic mass is 16.5. The second kappa shape index (κ2) is 8.72. The number of carboxylic acids is 1. The Kier molecular flexibility index (Phi) is 7.13. The molecular formula is C13H22N2O3. The van der Waals surface area contributed by atoms with Crippen molar-refractivity contribution < 1.29 is 14.6 Å². The van der Waals surface area contributed by atoms with Crippen LogP contribution in [0.25, 0.3) is 0 Å². The van der Waals surface area contributed by atoms with Crippen LogP contribution < -0.4 is 0 Å². The van der Waals surface area contributed by atoms with Crippen molar-refractivity contribution in [2.45, 2.75) is 32.4 Å². The molecular weight excluding hydrogens is 232 g/mol. The van der Waals surface area contributed by atoms with Crippen LogP contribution in [0.1, 0.15) is 26.2 Å². The molecule has 0 aliphatic carbocycles. The molecule has 0 spiro atoms. The van der Waals surface area contributed by atoms with Crippen molar-refractivity contribution in [1.29, 1.82) is 0 Å². The molecule has 0 saturated carbocycles. The van der Waals surface area contributed by atoms with Crippen molar-refractivity contribution in [2.24, 2.45) is 0 Å². The van der Waals surface area contributed by atoms with E-state index in [9.17, 15) is 4.79 Å². The van der Waals surface area contributed by atoms with Crippen LogP contribution >= 0.6 is 0 Å². The number of hydrogen-bond donors (Lipinski definition) is 2. The normalized spacial score (nSPS) is 17.6. The topological polar surface area (TPSA) is 65.6 Å². The Morgan fingerprint density at radius 3 is 2.33 bits per heavy atom. The highest BCUT2D eigenvalue weighted by Gasteiger charge is 2.26. The average Bonchev–Trinajstić information content (AvgIpc) is 2.95. The van der Waals surface area contributed by atoms with Gasteiger partial charge in [0.1, 0.15) is 0 Å². The smallest absolute Gasteiger partial charge is 0.348 e. The van der Waals surface area contributed by atoms with Gasteiger partial charge in [-0.15, -0.1) is 0 Å². The van der Waals surface area contributed by atoms with Gasteiger partial charge in [-0.1, -0.05) is 6.42 Å². The summed E-state index contributed by atoms with van der Waals surface area (Å²) < 4.78 is 5.17. The summed E-state index contributed by atoms with van der Waals surface area (Å²) >= 11 is 0. The van der Waals surface area contributed by atoms with Gasteiger partial charge in [-0.05, 0) is 31.9 Å². The second-order valence-electron chi connectivity index (χ2n) is 4.13. The van der Waals surface area contributed by atoms with Gasteiger partial charge in [0, 0.05) is 32.1 Å². The Hall–Kier alpha value is -1.33. The van der Waals surface area contributed by atoms with E-state index in [0.717, 1.165) is 25.9 Å². The van der Waals surface area contributed by atoms with Crippen molar-refractivity contribution >= 4 is 5.97 Å². The molecule has 1 aromatic heterocycles. The molecule has 102 valence electrons. The van der Waals surface area contributed by atoms with Gasteiger partial charge in [-0.25, -0.2) is 4.79 Å². The lowest BCUT2D eigenvalue weighted by atomic mass is 10.1. The number of ether oxygens (including phenoxy) is 1. The number of aliphatic carboxylic acids is 1. The van der Waals surface area contributed by atoms with Crippen LogP contribution in [0.5, 0.6) is 0 Å². The first kappa shape index (κ1) is 14.7. The van der Waals surface area contributed by atoms with E-state index >= 15 is 0 Å². The van der Waals surface area contributed by atoms with E-state index < -0.39 is 12.2 Å². The van der Waals surface area contributed by atoms with Crippen LogP contribution in [0.2, 0.25) is 0 Å². The summed E-state index contributed by atoms with van der Waals surface area (Å²) in [7, 11) is 0. The molecule has 1 aromatic rings. The van der Waals surface area contributed by atoms with Crippen molar-refractivity contribution in [3.05, 3.63) is 24.5 Å². The Bertz CT molecular complexity index is 291. The van der Waals surface area contributed by atoms with Crippen LogP contribution in [0.4, 0.5) is 0 Å². The summed E-state index contributed by atoms with van der Waals surface area (Å²) in [6, 6.07) is 3.89. The molecule has 1 unspecified atom stereocenters. The molecule has 1 aliphatic heterocycles. The molecule has 1 aliphatic rings. The third-order valence-corrected chi connectivity index (χ3v) is 2.75. The number of carboxylic acid groups (broad SMARTS) is 1. The lowest BCUT2D eigenvalue weighted by molar-refractivity contribution is -0.165. The van der Waals surface area contributed by atoms with E-state index in [-0.39, 0.29) is 0 Å². The Balaban J connectivity index is 0.000000269. The fourth-order valence-corrected chi connectivity index (χ4v) is 1.92. The second-order valence-corrected chi connectivity index (χ2v) is 4.13. The zero-order chi connectivity index (χ0) is 13.2. The van der Waals surface area contributed by atoms with Crippen LogP contribution in [-0.4, -0.2) is 46.9 Å². The van der Waals surface area contributed by atoms with Crippen LogP contribution in [0.15, 0.2) is 24.5 Å². The molecule has 0 radical (unpaired) electrons. The van der Waals surface area contributed by atoms with Crippen LogP contribution in [-0.2, 0) is 9.53 Å².